The van der Waals surface area contributed by atoms with Crippen molar-refractivity contribution < 1.29 is 4.79 Å². The Hall–Kier alpha value is -2.38. The Kier molecular flexibility index (Phi) is 5.58. The van der Waals surface area contributed by atoms with E-state index in [-0.39, 0.29) is 17.9 Å². The normalized spacial score (nSPS) is 11.0. The highest BCUT2D eigenvalue weighted by atomic mass is 35.5. The van der Waals surface area contributed by atoms with Gasteiger partial charge in [-0.15, -0.1) is 0 Å². The highest BCUT2D eigenvalue weighted by Crippen LogP contribution is 2.21. The van der Waals surface area contributed by atoms with Crippen LogP contribution >= 0.6 is 23.2 Å². The van der Waals surface area contributed by atoms with Gasteiger partial charge in [-0.3, -0.25) is 14.7 Å². The summed E-state index contributed by atoms with van der Waals surface area (Å²) in [6, 6.07) is 5.28. The van der Waals surface area contributed by atoms with Crippen molar-refractivity contribution in [3.63, 3.8) is 0 Å². The summed E-state index contributed by atoms with van der Waals surface area (Å²) in [6.45, 7) is 2.20. The number of halogens is 2. The lowest BCUT2D eigenvalue weighted by Crippen LogP contribution is -2.28. The van der Waals surface area contributed by atoms with Crippen molar-refractivity contribution in [2.45, 2.75) is 26.2 Å². The molecule has 0 radical (unpaired) electrons. The first kappa shape index (κ1) is 18.4. The number of amides is 1. The van der Waals surface area contributed by atoms with E-state index in [0.717, 1.165) is 5.56 Å². The molecule has 0 aliphatic heterocycles. The monoisotopic (exact) mass is 393 g/mol. The minimum absolute atomic E-state index is 0.136. The minimum Gasteiger partial charge on any atom is -0.356 e. The predicted molar refractivity (Wildman–Crippen MR) is 99.8 cm³/mol. The number of aromatic amines is 1. The lowest BCUT2D eigenvalue weighted by atomic mass is 10.1. The Balaban J connectivity index is 1.55. The second kappa shape index (κ2) is 7.88. The van der Waals surface area contributed by atoms with Crippen LogP contribution in [0, 0.1) is 6.92 Å². The summed E-state index contributed by atoms with van der Waals surface area (Å²) >= 11 is 12.0. The van der Waals surface area contributed by atoms with Crippen LogP contribution in [0.2, 0.25) is 10.0 Å². The zero-order valence-corrected chi connectivity index (χ0v) is 15.6. The van der Waals surface area contributed by atoms with Crippen LogP contribution in [0.1, 0.15) is 23.2 Å². The average molecular weight is 394 g/mol. The summed E-state index contributed by atoms with van der Waals surface area (Å²) in [5.41, 5.74) is 1.77. The number of hydrogen-bond donors (Lipinski definition) is 2. The maximum absolute atomic E-state index is 12.4. The number of nitrogens with zero attached hydrogens (tertiary/aromatic N) is 3. The number of benzene rings is 1. The van der Waals surface area contributed by atoms with Crippen molar-refractivity contribution in [3.8, 4) is 0 Å². The summed E-state index contributed by atoms with van der Waals surface area (Å²) in [4.78, 5) is 32.7. The molecular weight excluding hydrogens is 377 g/mol. The van der Waals surface area contributed by atoms with E-state index in [2.05, 4.69) is 20.4 Å². The van der Waals surface area contributed by atoms with Gasteiger partial charge >= 0.3 is 0 Å². The Morgan fingerprint density at radius 2 is 2.12 bits per heavy atom. The molecule has 0 aliphatic carbocycles. The standard InChI is InChI=1S/C17H17Cl2N5O2/c1-10-13(16(26)24-17(23-10)21-9-22-24)4-5-15(25)20-7-6-11-2-3-12(18)8-14(11)19/h2-3,8-9H,4-7H2,1H3,(H,20,25)(H,21,22,23). The summed E-state index contributed by atoms with van der Waals surface area (Å²) < 4.78 is 1.27. The van der Waals surface area contributed by atoms with Crippen LogP contribution in [0.25, 0.3) is 5.78 Å². The molecule has 2 N–H and O–H groups in total. The molecule has 1 amide bonds. The molecule has 7 nitrogen and oxygen atoms in total. The molecule has 0 spiro atoms. The number of fused-ring (bicyclic) bond motifs is 1. The zero-order valence-electron chi connectivity index (χ0n) is 14.1. The third kappa shape index (κ3) is 4.05. The topological polar surface area (TPSA) is 92.2 Å². The third-order valence-electron chi connectivity index (χ3n) is 4.07. The lowest BCUT2D eigenvalue weighted by Gasteiger charge is -2.08. The largest absolute Gasteiger partial charge is 0.356 e. The maximum Gasteiger partial charge on any atom is 0.277 e. The van der Waals surface area contributed by atoms with E-state index >= 15 is 0 Å². The first-order valence-corrected chi connectivity index (χ1v) is 8.83. The van der Waals surface area contributed by atoms with Gasteiger partial charge in [-0.25, -0.2) is 9.97 Å². The number of carbonyl (C=O) groups is 1. The summed E-state index contributed by atoms with van der Waals surface area (Å²) in [5.74, 6) is 0.184. The molecule has 136 valence electrons. The highest BCUT2D eigenvalue weighted by Gasteiger charge is 2.13. The minimum atomic E-state index is -0.231. The molecule has 9 heteroatoms. The molecule has 1 aromatic carbocycles. The number of aromatic nitrogens is 4. The van der Waals surface area contributed by atoms with Gasteiger partial charge in [0.05, 0.1) is 5.69 Å². The molecule has 0 bridgehead atoms. The Morgan fingerprint density at radius 3 is 2.88 bits per heavy atom. The van der Waals surface area contributed by atoms with E-state index < -0.39 is 0 Å². The fourth-order valence-electron chi connectivity index (χ4n) is 2.67. The summed E-state index contributed by atoms with van der Waals surface area (Å²) in [6.07, 6.45) is 2.52. The van der Waals surface area contributed by atoms with Crippen molar-refractivity contribution in [3.05, 3.63) is 61.7 Å². The van der Waals surface area contributed by atoms with Crippen LogP contribution in [-0.2, 0) is 17.6 Å². The second-order valence-electron chi connectivity index (χ2n) is 5.84. The van der Waals surface area contributed by atoms with Gasteiger partial charge in [-0.05, 0) is 37.5 Å². The van der Waals surface area contributed by atoms with Gasteiger partial charge in [-0.2, -0.15) is 4.52 Å². The van der Waals surface area contributed by atoms with Gasteiger partial charge in [0.25, 0.3) is 11.3 Å². The quantitative estimate of drug-likeness (QED) is 0.671. The van der Waals surface area contributed by atoms with Crippen molar-refractivity contribution in [2.75, 3.05) is 6.54 Å². The molecule has 0 atom stereocenters. The van der Waals surface area contributed by atoms with E-state index in [0.29, 0.717) is 46.5 Å². The van der Waals surface area contributed by atoms with Crippen LogP contribution in [0.3, 0.4) is 0 Å². The molecule has 0 unspecified atom stereocenters. The summed E-state index contributed by atoms with van der Waals surface area (Å²) in [5, 5.41) is 6.70. The Labute approximate surface area is 159 Å². The van der Waals surface area contributed by atoms with E-state index in [1.54, 1.807) is 19.1 Å². The number of nitrogens with one attached hydrogen (secondary N) is 2. The molecule has 3 aromatic rings. The first-order chi connectivity index (χ1) is 12.5. The molecule has 2 heterocycles. The SMILES string of the molecule is Cc1nc2nc[nH]n2c(=O)c1CCC(=O)NCCc1ccc(Cl)cc1Cl. The second-order valence-corrected chi connectivity index (χ2v) is 6.68. The third-order valence-corrected chi connectivity index (χ3v) is 4.65. The van der Waals surface area contributed by atoms with Crippen molar-refractivity contribution in [1.82, 2.24) is 24.9 Å². The lowest BCUT2D eigenvalue weighted by molar-refractivity contribution is -0.121. The average Bonchev–Trinajstić information content (AvgIpc) is 3.05. The van der Waals surface area contributed by atoms with Crippen molar-refractivity contribution >= 4 is 34.9 Å². The Bertz CT molecular complexity index is 1010. The van der Waals surface area contributed by atoms with Gasteiger partial charge in [0.15, 0.2) is 0 Å². The molecule has 0 fully saturated rings. The number of hydrogen-bond acceptors (Lipinski definition) is 4. The van der Waals surface area contributed by atoms with Crippen LogP contribution in [-0.4, -0.2) is 32.0 Å². The van der Waals surface area contributed by atoms with Crippen molar-refractivity contribution in [1.29, 1.82) is 0 Å². The number of H-pyrrole nitrogens is 1. The van der Waals surface area contributed by atoms with E-state index in [1.165, 1.54) is 10.8 Å². The smallest absolute Gasteiger partial charge is 0.277 e. The molecule has 0 aliphatic rings. The fraction of sp³-hybridized carbons (Fsp3) is 0.294. The van der Waals surface area contributed by atoms with Gasteiger partial charge in [0.2, 0.25) is 5.91 Å². The van der Waals surface area contributed by atoms with Gasteiger partial charge in [-0.1, -0.05) is 29.3 Å². The predicted octanol–water partition coefficient (Wildman–Crippen LogP) is 2.32. The fourth-order valence-corrected chi connectivity index (χ4v) is 3.17. The van der Waals surface area contributed by atoms with E-state index in [9.17, 15) is 9.59 Å². The summed E-state index contributed by atoms with van der Waals surface area (Å²) in [7, 11) is 0. The van der Waals surface area contributed by atoms with Crippen LogP contribution in [0.5, 0.6) is 0 Å². The van der Waals surface area contributed by atoms with Gasteiger partial charge in [0.1, 0.15) is 6.33 Å². The molecule has 3 rings (SSSR count). The van der Waals surface area contributed by atoms with Crippen LogP contribution in [0.4, 0.5) is 0 Å². The van der Waals surface area contributed by atoms with Gasteiger partial charge < -0.3 is 5.32 Å². The number of carbonyl (C=O) groups excluding carboxylic acids is 1. The van der Waals surface area contributed by atoms with Crippen molar-refractivity contribution in [2.24, 2.45) is 0 Å². The highest BCUT2D eigenvalue weighted by molar-refractivity contribution is 6.35. The molecule has 0 saturated heterocycles. The maximum atomic E-state index is 12.4. The van der Waals surface area contributed by atoms with E-state index in [4.69, 9.17) is 23.2 Å². The zero-order chi connectivity index (χ0) is 18.7. The number of rotatable bonds is 6. The van der Waals surface area contributed by atoms with Crippen LogP contribution < -0.4 is 10.9 Å². The molecule has 0 saturated carbocycles. The first-order valence-electron chi connectivity index (χ1n) is 8.08. The number of aryl methyl sites for hydroxylation is 1. The van der Waals surface area contributed by atoms with Crippen LogP contribution in [0.15, 0.2) is 29.3 Å². The molecule has 2 aromatic heterocycles. The molecular formula is C17H17Cl2N5O2. The molecule has 26 heavy (non-hydrogen) atoms. The Morgan fingerprint density at radius 1 is 1.31 bits per heavy atom. The van der Waals surface area contributed by atoms with Gasteiger partial charge in [0, 0.05) is 28.6 Å². The van der Waals surface area contributed by atoms with E-state index in [1.807, 2.05) is 6.07 Å².